The molecular formula is C11H14ClNO2S. The van der Waals surface area contributed by atoms with Gasteiger partial charge >= 0.3 is 0 Å². The van der Waals surface area contributed by atoms with Gasteiger partial charge in [0.2, 0.25) is 5.91 Å². The third kappa shape index (κ3) is 4.33. The maximum Gasteiger partial charge on any atom is 0.229 e. The molecule has 1 aromatic rings. The lowest BCUT2D eigenvalue weighted by Crippen LogP contribution is -2.29. The number of likely N-dealkylation sites (N-methyl/N-ethyl adjacent to an activating group) is 1. The van der Waals surface area contributed by atoms with Crippen LogP contribution in [0.4, 0.5) is 0 Å². The minimum absolute atomic E-state index is 0.0122. The number of amides is 1. The molecule has 0 fully saturated rings. The molecule has 0 unspecified atom stereocenters. The van der Waals surface area contributed by atoms with Crippen molar-refractivity contribution in [3.8, 4) is 0 Å². The number of nitrogens with zero attached hydrogens (tertiary/aromatic N) is 1. The molecule has 0 radical (unpaired) electrons. The van der Waals surface area contributed by atoms with Crippen LogP contribution in [-0.4, -0.2) is 30.2 Å². The smallest absolute Gasteiger partial charge is 0.229 e. The van der Waals surface area contributed by atoms with E-state index in [2.05, 4.69) is 0 Å². The first-order valence-corrected chi connectivity index (χ1v) is 6.16. The van der Waals surface area contributed by atoms with Gasteiger partial charge in [0.25, 0.3) is 0 Å². The number of hydrogen-bond donors (Lipinski definition) is 0. The SMILES string of the molecule is CC(=O)CC(=O)N(C)CCc1ccc(Cl)s1. The van der Waals surface area contributed by atoms with Crippen molar-refractivity contribution in [2.24, 2.45) is 0 Å². The van der Waals surface area contributed by atoms with Crippen molar-refractivity contribution in [3.63, 3.8) is 0 Å². The number of carbonyl (C=O) groups excluding carboxylic acids is 2. The molecule has 1 rings (SSSR count). The maximum absolute atomic E-state index is 11.5. The van der Waals surface area contributed by atoms with E-state index in [0.29, 0.717) is 6.54 Å². The fraction of sp³-hybridized carbons (Fsp3) is 0.455. The van der Waals surface area contributed by atoms with Crippen LogP contribution in [0.2, 0.25) is 4.34 Å². The van der Waals surface area contributed by atoms with Crippen LogP contribution in [0.3, 0.4) is 0 Å². The molecule has 1 amide bonds. The lowest BCUT2D eigenvalue weighted by atomic mass is 10.2. The van der Waals surface area contributed by atoms with E-state index in [4.69, 9.17) is 11.6 Å². The molecule has 1 heterocycles. The molecule has 3 nitrogen and oxygen atoms in total. The summed E-state index contributed by atoms with van der Waals surface area (Å²) in [6.45, 7) is 2.04. The quantitative estimate of drug-likeness (QED) is 0.762. The number of thiophene rings is 1. The second-order valence-corrected chi connectivity index (χ2v) is 5.45. The molecule has 1 aromatic heterocycles. The Balaban J connectivity index is 2.37. The number of hydrogen-bond acceptors (Lipinski definition) is 3. The topological polar surface area (TPSA) is 37.4 Å². The molecular weight excluding hydrogens is 246 g/mol. The predicted molar refractivity (Wildman–Crippen MR) is 66.0 cm³/mol. The van der Waals surface area contributed by atoms with Gasteiger partial charge in [0.05, 0.1) is 10.8 Å². The van der Waals surface area contributed by atoms with Crippen LogP contribution in [0.5, 0.6) is 0 Å². The third-order valence-corrected chi connectivity index (χ3v) is 3.44. The molecule has 0 bridgehead atoms. The van der Waals surface area contributed by atoms with Crippen molar-refractivity contribution < 1.29 is 9.59 Å². The average Bonchev–Trinajstić information content (AvgIpc) is 2.59. The Labute approximate surface area is 104 Å². The summed E-state index contributed by atoms with van der Waals surface area (Å²) in [5.74, 6) is -0.230. The van der Waals surface area contributed by atoms with Crippen LogP contribution in [0.15, 0.2) is 12.1 Å². The number of halogens is 1. The van der Waals surface area contributed by atoms with Crippen molar-refractivity contribution in [2.75, 3.05) is 13.6 Å². The van der Waals surface area contributed by atoms with E-state index in [9.17, 15) is 9.59 Å². The van der Waals surface area contributed by atoms with Crippen LogP contribution in [0.1, 0.15) is 18.2 Å². The summed E-state index contributed by atoms with van der Waals surface area (Å²) in [5, 5.41) is 0. The van der Waals surface area contributed by atoms with Gasteiger partial charge in [0, 0.05) is 18.5 Å². The van der Waals surface area contributed by atoms with Gasteiger partial charge in [-0.2, -0.15) is 0 Å². The maximum atomic E-state index is 11.5. The van der Waals surface area contributed by atoms with Crippen molar-refractivity contribution in [3.05, 3.63) is 21.3 Å². The van der Waals surface area contributed by atoms with E-state index in [1.807, 2.05) is 12.1 Å². The lowest BCUT2D eigenvalue weighted by molar-refractivity contribution is -0.133. The van der Waals surface area contributed by atoms with Gasteiger partial charge in [0.15, 0.2) is 0 Å². The van der Waals surface area contributed by atoms with Crippen LogP contribution < -0.4 is 0 Å². The van der Waals surface area contributed by atoms with Crippen LogP contribution in [0.25, 0.3) is 0 Å². The molecule has 88 valence electrons. The highest BCUT2D eigenvalue weighted by molar-refractivity contribution is 7.16. The van der Waals surface area contributed by atoms with Crippen LogP contribution in [0, 0.1) is 0 Å². The second kappa shape index (κ2) is 6.01. The molecule has 0 aliphatic heterocycles. The first kappa shape index (κ1) is 13.2. The standard InChI is InChI=1S/C11H14ClNO2S/c1-8(14)7-11(15)13(2)6-5-9-3-4-10(12)16-9/h3-4H,5-7H2,1-2H3. The number of Topliss-reactive ketones (excluding diaryl/α,β-unsaturated/α-hetero) is 1. The zero-order valence-electron chi connectivity index (χ0n) is 9.33. The van der Waals surface area contributed by atoms with Gasteiger partial charge in [-0.1, -0.05) is 11.6 Å². The normalized spacial score (nSPS) is 10.2. The summed E-state index contributed by atoms with van der Waals surface area (Å²) >= 11 is 7.32. The Morgan fingerprint density at radius 2 is 2.12 bits per heavy atom. The molecule has 0 aromatic carbocycles. The van der Waals surface area contributed by atoms with Gasteiger partial charge in [-0.15, -0.1) is 11.3 Å². The number of carbonyl (C=O) groups is 2. The van der Waals surface area contributed by atoms with Crippen molar-refractivity contribution in [1.29, 1.82) is 0 Å². The van der Waals surface area contributed by atoms with Gasteiger partial charge in [-0.05, 0) is 25.5 Å². The van der Waals surface area contributed by atoms with Crippen molar-refractivity contribution in [1.82, 2.24) is 4.90 Å². The van der Waals surface area contributed by atoms with Gasteiger partial charge in [-0.25, -0.2) is 0 Å². The van der Waals surface area contributed by atoms with Crippen LogP contribution in [-0.2, 0) is 16.0 Å². The highest BCUT2D eigenvalue weighted by Crippen LogP contribution is 2.21. The summed E-state index contributed by atoms with van der Waals surface area (Å²) in [6, 6.07) is 3.80. The molecule has 0 saturated carbocycles. The summed E-state index contributed by atoms with van der Waals surface area (Å²) < 4.78 is 0.757. The van der Waals surface area contributed by atoms with E-state index in [1.54, 1.807) is 11.9 Å². The molecule has 0 spiro atoms. The molecule has 0 atom stereocenters. The van der Waals surface area contributed by atoms with E-state index < -0.39 is 0 Å². The lowest BCUT2D eigenvalue weighted by Gasteiger charge is -2.15. The minimum atomic E-state index is -0.129. The van der Waals surface area contributed by atoms with Crippen molar-refractivity contribution >= 4 is 34.6 Å². The fourth-order valence-electron chi connectivity index (χ4n) is 1.24. The van der Waals surface area contributed by atoms with E-state index in [1.165, 1.54) is 18.3 Å². The highest BCUT2D eigenvalue weighted by atomic mass is 35.5. The van der Waals surface area contributed by atoms with E-state index in [-0.39, 0.29) is 18.1 Å². The summed E-state index contributed by atoms with van der Waals surface area (Å²) in [6.07, 6.45) is 0.763. The molecule has 0 aliphatic carbocycles. The zero-order chi connectivity index (χ0) is 12.1. The zero-order valence-corrected chi connectivity index (χ0v) is 10.9. The van der Waals surface area contributed by atoms with Crippen molar-refractivity contribution in [2.45, 2.75) is 19.8 Å². The van der Waals surface area contributed by atoms with Gasteiger partial charge in [0.1, 0.15) is 5.78 Å². The molecule has 16 heavy (non-hydrogen) atoms. The molecule has 5 heteroatoms. The van der Waals surface area contributed by atoms with Gasteiger partial charge < -0.3 is 4.90 Å². The van der Waals surface area contributed by atoms with Gasteiger partial charge in [-0.3, -0.25) is 9.59 Å². The summed E-state index contributed by atoms with van der Waals surface area (Å²) in [5.41, 5.74) is 0. The molecule has 0 saturated heterocycles. The van der Waals surface area contributed by atoms with E-state index in [0.717, 1.165) is 15.6 Å². The third-order valence-electron chi connectivity index (χ3n) is 2.15. The Kier molecular flexibility index (Phi) is 4.96. The largest absolute Gasteiger partial charge is 0.345 e. The first-order chi connectivity index (χ1) is 7.49. The second-order valence-electron chi connectivity index (χ2n) is 3.65. The molecule has 0 aliphatic rings. The molecule has 0 N–H and O–H groups in total. The number of rotatable bonds is 5. The Bertz CT molecular complexity index is 389. The Morgan fingerprint density at radius 1 is 1.44 bits per heavy atom. The Morgan fingerprint density at radius 3 is 2.62 bits per heavy atom. The predicted octanol–water partition coefficient (Wildman–Crippen LogP) is 2.38. The summed E-state index contributed by atoms with van der Waals surface area (Å²) in [7, 11) is 1.71. The van der Waals surface area contributed by atoms with E-state index >= 15 is 0 Å². The fourth-order valence-corrected chi connectivity index (χ4v) is 2.31. The van der Waals surface area contributed by atoms with Crippen LogP contribution >= 0.6 is 22.9 Å². The highest BCUT2D eigenvalue weighted by Gasteiger charge is 2.11. The minimum Gasteiger partial charge on any atom is -0.345 e. The first-order valence-electron chi connectivity index (χ1n) is 4.96. The Hall–Kier alpha value is -0.870. The summed E-state index contributed by atoms with van der Waals surface area (Å²) in [4.78, 5) is 25.0. The average molecular weight is 260 g/mol. The number of ketones is 1. The monoisotopic (exact) mass is 259 g/mol.